The molecule has 6 nitrogen and oxygen atoms in total. The number of amides is 1. The van der Waals surface area contributed by atoms with E-state index in [1.807, 2.05) is 24.3 Å². The van der Waals surface area contributed by atoms with Crippen molar-refractivity contribution < 1.29 is 9.53 Å². The van der Waals surface area contributed by atoms with Gasteiger partial charge in [0, 0.05) is 19.2 Å². The molecule has 0 fully saturated rings. The molecule has 134 valence electrons. The molecule has 1 amide bonds. The smallest absolute Gasteiger partial charge is 0.270 e. The Morgan fingerprint density at radius 2 is 1.92 bits per heavy atom. The second-order valence-electron chi connectivity index (χ2n) is 5.82. The van der Waals surface area contributed by atoms with E-state index >= 15 is 0 Å². The normalized spacial score (nSPS) is 10.4. The van der Waals surface area contributed by atoms with Gasteiger partial charge in [-0.15, -0.1) is 0 Å². The Morgan fingerprint density at radius 1 is 1.16 bits per heavy atom. The van der Waals surface area contributed by atoms with Crippen LogP contribution in [0.15, 0.2) is 30.3 Å². The summed E-state index contributed by atoms with van der Waals surface area (Å²) in [6.45, 7) is 5.27. The molecular weight excluding hydrogens is 316 g/mol. The van der Waals surface area contributed by atoms with Crippen LogP contribution in [0.3, 0.4) is 0 Å². The first-order valence-corrected chi connectivity index (χ1v) is 8.63. The first kappa shape index (κ1) is 18.7. The fourth-order valence-corrected chi connectivity index (χ4v) is 2.37. The van der Waals surface area contributed by atoms with E-state index in [0.717, 1.165) is 31.6 Å². The zero-order valence-electron chi connectivity index (χ0n) is 15.1. The topological polar surface area (TPSA) is 76.1 Å². The van der Waals surface area contributed by atoms with Crippen LogP contribution in [0, 0.1) is 6.92 Å². The minimum absolute atomic E-state index is 0.155. The van der Waals surface area contributed by atoms with Crippen LogP contribution in [0.25, 0.3) is 0 Å². The highest BCUT2D eigenvalue weighted by Crippen LogP contribution is 2.12. The van der Waals surface area contributed by atoms with E-state index in [9.17, 15) is 4.79 Å². The van der Waals surface area contributed by atoms with Gasteiger partial charge >= 0.3 is 0 Å². The molecular formula is C19H26N4O2. The van der Waals surface area contributed by atoms with Crippen molar-refractivity contribution in [2.24, 2.45) is 0 Å². The molecule has 0 saturated carbocycles. The van der Waals surface area contributed by atoms with Crippen molar-refractivity contribution in [3.8, 4) is 5.75 Å². The van der Waals surface area contributed by atoms with Crippen molar-refractivity contribution in [1.29, 1.82) is 0 Å². The summed E-state index contributed by atoms with van der Waals surface area (Å²) < 4.78 is 5.16. The molecule has 2 N–H and O–H groups in total. The van der Waals surface area contributed by atoms with Gasteiger partial charge in [-0.1, -0.05) is 25.5 Å². The monoisotopic (exact) mass is 342 g/mol. The number of aromatic nitrogens is 2. The quantitative estimate of drug-likeness (QED) is 0.685. The number of unbranched alkanes of at least 4 members (excludes halogenated alkanes) is 1. The van der Waals surface area contributed by atoms with Crippen LogP contribution in [-0.2, 0) is 6.42 Å². The Labute approximate surface area is 149 Å². The van der Waals surface area contributed by atoms with E-state index in [0.29, 0.717) is 23.9 Å². The summed E-state index contributed by atoms with van der Waals surface area (Å²) in [6, 6.07) is 9.67. The van der Waals surface area contributed by atoms with Crippen LogP contribution in [0.5, 0.6) is 5.75 Å². The van der Waals surface area contributed by atoms with Crippen molar-refractivity contribution in [3.05, 3.63) is 47.4 Å². The molecule has 25 heavy (non-hydrogen) atoms. The van der Waals surface area contributed by atoms with Crippen molar-refractivity contribution in [1.82, 2.24) is 15.3 Å². The summed E-state index contributed by atoms with van der Waals surface area (Å²) in [7, 11) is 1.66. The number of carbonyl (C=O) groups is 1. The fraction of sp³-hybridized carbons (Fsp3) is 0.421. The fourth-order valence-electron chi connectivity index (χ4n) is 2.37. The first-order valence-electron chi connectivity index (χ1n) is 8.63. The van der Waals surface area contributed by atoms with Gasteiger partial charge in [-0.05, 0) is 37.5 Å². The molecule has 0 saturated heterocycles. The number of nitrogens with one attached hydrogen (secondary N) is 2. The highest BCUT2D eigenvalue weighted by molar-refractivity contribution is 5.92. The molecule has 0 aliphatic carbocycles. The van der Waals surface area contributed by atoms with Gasteiger partial charge in [0.1, 0.15) is 23.1 Å². The second kappa shape index (κ2) is 9.61. The maximum absolute atomic E-state index is 12.1. The van der Waals surface area contributed by atoms with Crippen molar-refractivity contribution >= 4 is 11.7 Å². The van der Waals surface area contributed by atoms with E-state index in [1.165, 1.54) is 5.56 Å². The Bertz CT molecular complexity index is 686. The standard InChI is InChI=1S/C19H26N4O2/c1-4-5-11-21-19(24)17-13-18(23-14(2)22-17)20-12-10-15-6-8-16(25-3)9-7-15/h6-9,13H,4-5,10-12H2,1-3H3,(H,21,24)(H,20,22,23). The summed E-state index contributed by atoms with van der Waals surface area (Å²) in [5.74, 6) is 1.94. The highest BCUT2D eigenvalue weighted by Gasteiger charge is 2.09. The predicted molar refractivity (Wildman–Crippen MR) is 99.2 cm³/mol. The third kappa shape index (κ3) is 6.06. The van der Waals surface area contributed by atoms with Gasteiger partial charge < -0.3 is 15.4 Å². The molecule has 0 spiro atoms. The third-order valence-electron chi connectivity index (χ3n) is 3.77. The number of anilines is 1. The number of hydrogen-bond donors (Lipinski definition) is 2. The van der Waals surface area contributed by atoms with Gasteiger partial charge in [0.15, 0.2) is 0 Å². The predicted octanol–water partition coefficient (Wildman–Crippen LogP) is 2.98. The van der Waals surface area contributed by atoms with Gasteiger partial charge in [0.05, 0.1) is 7.11 Å². The molecule has 6 heteroatoms. The van der Waals surface area contributed by atoms with Crippen LogP contribution in [0.4, 0.5) is 5.82 Å². The summed E-state index contributed by atoms with van der Waals surface area (Å²) in [5, 5.41) is 6.14. The lowest BCUT2D eigenvalue weighted by atomic mass is 10.1. The van der Waals surface area contributed by atoms with E-state index in [2.05, 4.69) is 27.5 Å². The number of hydrogen-bond acceptors (Lipinski definition) is 5. The molecule has 2 rings (SSSR count). The number of carbonyl (C=O) groups excluding carboxylic acids is 1. The van der Waals surface area contributed by atoms with Crippen LogP contribution in [0.1, 0.15) is 41.6 Å². The zero-order chi connectivity index (χ0) is 18.1. The Hall–Kier alpha value is -2.63. The number of aryl methyl sites for hydroxylation is 1. The Morgan fingerprint density at radius 3 is 2.60 bits per heavy atom. The van der Waals surface area contributed by atoms with Crippen LogP contribution in [0.2, 0.25) is 0 Å². The summed E-state index contributed by atoms with van der Waals surface area (Å²) in [4.78, 5) is 20.7. The summed E-state index contributed by atoms with van der Waals surface area (Å²) >= 11 is 0. The molecule has 0 aliphatic rings. The SMILES string of the molecule is CCCCNC(=O)c1cc(NCCc2ccc(OC)cc2)nc(C)n1. The highest BCUT2D eigenvalue weighted by atomic mass is 16.5. The molecule has 0 radical (unpaired) electrons. The van der Waals surface area contributed by atoms with Gasteiger partial charge in [0.25, 0.3) is 5.91 Å². The Kier molecular flexibility index (Phi) is 7.19. The minimum Gasteiger partial charge on any atom is -0.497 e. The van der Waals surface area contributed by atoms with Crippen LogP contribution in [-0.4, -0.2) is 36.1 Å². The van der Waals surface area contributed by atoms with E-state index in [4.69, 9.17) is 4.74 Å². The van der Waals surface area contributed by atoms with Crippen LogP contribution >= 0.6 is 0 Å². The average Bonchev–Trinajstić information content (AvgIpc) is 2.62. The first-order chi connectivity index (χ1) is 12.1. The van der Waals surface area contributed by atoms with Gasteiger partial charge in [0.2, 0.25) is 0 Å². The van der Waals surface area contributed by atoms with E-state index < -0.39 is 0 Å². The molecule has 0 aliphatic heterocycles. The molecule has 1 heterocycles. The molecule has 1 aromatic carbocycles. The zero-order valence-corrected chi connectivity index (χ0v) is 15.1. The molecule has 2 aromatic rings. The summed E-state index contributed by atoms with van der Waals surface area (Å²) in [6.07, 6.45) is 2.86. The van der Waals surface area contributed by atoms with Crippen molar-refractivity contribution in [2.45, 2.75) is 33.1 Å². The van der Waals surface area contributed by atoms with Gasteiger partial charge in [-0.25, -0.2) is 9.97 Å². The lowest BCUT2D eigenvalue weighted by Gasteiger charge is -2.09. The molecule has 0 atom stereocenters. The average molecular weight is 342 g/mol. The number of methoxy groups -OCH3 is 1. The maximum Gasteiger partial charge on any atom is 0.270 e. The maximum atomic E-state index is 12.1. The third-order valence-corrected chi connectivity index (χ3v) is 3.77. The van der Waals surface area contributed by atoms with Gasteiger partial charge in [-0.3, -0.25) is 4.79 Å². The van der Waals surface area contributed by atoms with E-state index in [-0.39, 0.29) is 5.91 Å². The second-order valence-corrected chi connectivity index (χ2v) is 5.82. The largest absolute Gasteiger partial charge is 0.497 e. The van der Waals surface area contributed by atoms with E-state index in [1.54, 1.807) is 20.1 Å². The number of ether oxygens (including phenoxy) is 1. The molecule has 0 bridgehead atoms. The molecule has 1 aromatic heterocycles. The lowest BCUT2D eigenvalue weighted by molar-refractivity contribution is 0.0948. The minimum atomic E-state index is -0.155. The lowest BCUT2D eigenvalue weighted by Crippen LogP contribution is -2.26. The van der Waals surface area contributed by atoms with Crippen molar-refractivity contribution in [3.63, 3.8) is 0 Å². The number of nitrogens with zero attached hydrogens (tertiary/aromatic N) is 2. The number of rotatable bonds is 9. The van der Waals surface area contributed by atoms with Crippen molar-refractivity contribution in [2.75, 3.05) is 25.5 Å². The number of benzene rings is 1. The summed E-state index contributed by atoms with van der Waals surface area (Å²) in [5.41, 5.74) is 1.60. The Balaban J connectivity index is 1.91. The molecule has 0 unspecified atom stereocenters. The van der Waals surface area contributed by atoms with Gasteiger partial charge in [-0.2, -0.15) is 0 Å². The van der Waals surface area contributed by atoms with Crippen LogP contribution < -0.4 is 15.4 Å².